The van der Waals surface area contributed by atoms with Gasteiger partial charge in [-0.2, -0.15) is 0 Å². The van der Waals surface area contributed by atoms with Crippen molar-refractivity contribution in [1.82, 2.24) is 15.0 Å². The molecule has 2 rings (SSSR count). The van der Waals surface area contributed by atoms with Crippen molar-refractivity contribution in [3.63, 3.8) is 0 Å². The van der Waals surface area contributed by atoms with Crippen LogP contribution in [0.1, 0.15) is 26.5 Å². The van der Waals surface area contributed by atoms with Gasteiger partial charge in [0.25, 0.3) is 0 Å². The average Bonchev–Trinajstić information content (AvgIpc) is 2.90. The highest BCUT2D eigenvalue weighted by Gasteiger charge is 2.34. The fourth-order valence-electron chi connectivity index (χ4n) is 1.51. The average molecular weight is 277 g/mol. The van der Waals surface area contributed by atoms with Gasteiger partial charge >= 0.3 is 5.97 Å². The standard InChI is InChI=1S/C13H15N3O2S/c1-4-18-12(17)13(2,3)10-7-19-11(16-10)9-5-6-14-8-15-9/h5-8H,4H2,1-3H3. The van der Waals surface area contributed by atoms with E-state index in [0.29, 0.717) is 12.3 Å². The first-order valence-corrected chi connectivity index (χ1v) is 6.83. The minimum Gasteiger partial charge on any atom is -0.465 e. The van der Waals surface area contributed by atoms with Crippen LogP contribution in [0.5, 0.6) is 0 Å². The number of hydrogen-bond donors (Lipinski definition) is 0. The van der Waals surface area contributed by atoms with E-state index in [1.807, 2.05) is 19.2 Å². The summed E-state index contributed by atoms with van der Waals surface area (Å²) in [4.78, 5) is 24.4. The van der Waals surface area contributed by atoms with Gasteiger partial charge in [-0.1, -0.05) is 0 Å². The van der Waals surface area contributed by atoms with E-state index in [9.17, 15) is 4.79 Å². The molecular formula is C13H15N3O2S. The molecule has 2 heterocycles. The molecule has 0 atom stereocenters. The molecule has 2 aromatic rings. The number of carbonyl (C=O) groups is 1. The first kappa shape index (κ1) is 13.6. The van der Waals surface area contributed by atoms with E-state index in [-0.39, 0.29) is 5.97 Å². The van der Waals surface area contributed by atoms with Crippen LogP contribution >= 0.6 is 11.3 Å². The van der Waals surface area contributed by atoms with Crippen molar-refractivity contribution in [3.8, 4) is 10.7 Å². The number of aromatic nitrogens is 3. The van der Waals surface area contributed by atoms with Crippen molar-refractivity contribution in [2.45, 2.75) is 26.2 Å². The van der Waals surface area contributed by atoms with Gasteiger partial charge in [-0.25, -0.2) is 15.0 Å². The smallest absolute Gasteiger partial charge is 0.317 e. The predicted octanol–water partition coefficient (Wildman–Crippen LogP) is 2.44. The number of thiazole rings is 1. The maximum atomic E-state index is 11.9. The molecule has 100 valence electrons. The molecular weight excluding hydrogens is 262 g/mol. The highest BCUT2D eigenvalue weighted by atomic mass is 32.1. The molecule has 6 heteroatoms. The predicted molar refractivity (Wildman–Crippen MR) is 72.8 cm³/mol. The number of carbonyl (C=O) groups excluding carboxylic acids is 1. The van der Waals surface area contributed by atoms with Crippen molar-refractivity contribution in [1.29, 1.82) is 0 Å². The molecule has 0 aliphatic heterocycles. The van der Waals surface area contributed by atoms with Crippen molar-refractivity contribution < 1.29 is 9.53 Å². The first-order chi connectivity index (χ1) is 9.05. The summed E-state index contributed by atoms with van der Waals surface area (Å²) < 4.78 is 5.08. The monoisotopic (exact) mass is 277 g/mol. The zero-order valence-electron chi connectivity index (χ0n) is 11.1. The minimum absolute atomic E-state index is 0.269. The molecule has 0 aromatic carbocycles. The van der Waals surface area contributed by atoms with Gasteiger partial charge < -0.3 is 4.74 Å². The molecule has 0 fully saturated rings. The van der Waals surface area contributed by atoms with Gasteiger partial charge in [0, 0.05) is 11.6 Å². The summed E-state index contributed by atoms with van der Waals surface area (Å²) in [5.41, 5.74) is 0.702. The molecule has 0 N–H and O–H groups in total. The molecule has 0 bridgehead atoms. The number of nitrogens with zero attached hydrogens (tertiary/aromatic N) is 3. The summed E-state index contributed by atoms with van der Waals surface area (Å²) in [5.74, 6) is -0.269. The molecule has 2 aromatic heterocycles. The van der Waals surface area contributed by atoms with Crippen molar-refractivity contribution >= 4 is 17.3 Å². The lowest BCUT2D eigenvalue weighted by molar-refractivity contribution is -0.148. The largest absolute Gasteiger partial charge is 0.465 e. The Hall–Kier alpha value is -1.82. The maximum Gasteiger partial charge on any atom is 0.317 e. The van der Waals surface area contributed by atoms with Crippen LogP contribution < -0.4 is 0 Å². The first-order valence-electron chi connectivity index (χ1n) is 5.95. The van der Waals surface area contributed by atoms with Crippen LogP contribution in [0.2, 0.25) is 0 Å². The third kappa shape index (κ3) is 2.78. The van der Waals surface area contributed by atoms with E-state index >= 15 is 0 Å². The highest BCUT2D eigenvalue weighted by Crippen LogP contribution is 2.29. The molecule has 0 unspecified atom stereocenters. The number of ether oxygens (including phenoxy) is 1. The normalized spacial score (nSPS) is 11.3. The Morgan fingerprint density at radius 2 is 2.26 bits per heavy atom. The fraction of sp³-hybridized carbons (Fsp3) is 0.385. The lowest BCUT2D eigenvalue weighted by atomic mass is 9.90. The molecule has 0 spiro atoms. The van der Waals surface area contributed by atoms with Crippen LogP contribution in [0.4, 0.5) is 0 Å². The van der Waals surface area contributed by atoms with E-state index in [4.69, 9.17) is 4.74 Å². The third-order valence-corrected chi connectivity index (χ3v) is 3.60. The van der Waals surface area contributed by atoms with Crippen LogP contribution in [0.25, 0.3) is 10.7 Å². The Balaban J connectivity index is 2.28. The second-order valence-electron chi connectivity index (χ2n) is 4.48. The second-order valence-corrected chi connectivity index (χ2v) is 5.34. The quantitative estimate of drug-likeness (QED) is 0.803. The zero-order valence-corrected chi connectivity index (χ0v) is 11.9. The van der Waals surface area contributed by atoms with Crippen LogP contribution in [-0.2, 0) is 14.9 Å². The summed E-state index contributed by atoms with van der Waals surface area (Å²) in [7, 11) is 0. The summed E-state index contributed by atoms with van der Waals surface area (Å²) in [6, 6.07) is 1.79. The van der Waals surface area contributed by atoms with E-state index in [1.54, 1.807) is 19.2 Å². The summed E-state index contributed by atoms with van der Waals surface area (Å²) in [5, 5.41) is 2.64. The molecule has 19 heavy (non-hydrogen) atoms. The van der Waals surface area contributed by atoms with Crippen LogP contribution in [-0.4, -0.2) is 27.5 Å². The molecule has 5 nitrogen and oxygen atoms in total. The van der Waals surface area contributed by atoms with Gasteiger partial charge in [0.2, 0.25) is 0 Å². The van der Waals surface area contributed by atoms with Crippen LogP contribution in [0, 0.1) is 0 Å². The van der Waals surface area contributed by atoms with Gasteiger partial charge in [-0.3, -0.25) is 4.79 Å². The summed E-state index contributed by atoms with van der Waals surface area (Å²) >= 11 is 1.46. The number of hydrogen-bond acceptors (Lipinski definition) is 6. The zero-order chi connectivity index (χ0) is 13.9. The van der Waals surface area contributed by atoms with Crippen molar-refractivity contribution in [2.75, 3.05) is 6.61 Å². The molecule has 0 aliphatic carbocycles. The molecule has 0 amide bonds. The Kier molecular flexibility index (Phi) is 3.90. The lowest BCUT2D eigenvalue weighted by Crippen LogP contribution is -2.31. The van der Waals surface area contributed by atoms with Crippen molar-refractivity contribution in [3.05, 3.63) is 29.7 Å². The summed E-state index contributed by atoms with van der Waals surface area (Å²) in [6.07, 6.45) is 3.15. The number of rotatable bonds is 4. The van der Waals surface area contributed by atoms with E-state index in [0.717, 1.165) is 10.7 Å². The Bertz CT molecular complexity index is 566. The van der Waals surface area contributed by atoms with Crippen LogP contribution in [0.3, 0.4) is 0 Å². The van der Waals surface area contributed by atoms with Gasteiger partial charge in [-0.05, 0) is 26.8 Å². The number of esters is 1. The van der Waals surface area contributed by atoms with Gasteiger partial charge in [0.05, 0.1) is 12.3 Å². The van der Waals surface area contributed by atoms with Crippen molar-refractivity contribution in [2.24, 2.45) is 0 Å². The SMILES string of the molecule is CCOC(=O)C(C)(C)c1csc(-c2ccncn2)n1. The third-order valence-electron chi connectivity index (χ3n) is 2.73. The van der Waals surface area contributed by atoms with E-state index in [2.05, 4.69) is 15.0 Å². The van der Waals surface area contributed by atoms with E-state index in [1.165, 1.54) is 17.7 Å². The fourth-order valence-corrected chi connectivity index (χ4v) is 2.47. The summed E-state index contributed by atoms with van der Waals surface area (Å²) in [6.45, 7) is 5.78. The maximum absolute atomic E-state index is 11.9. The van der Waals surface area contributed by atoms with E-state index < -0.39 is 5.41 Å². The Morgan fingerprint density at radius 3 is 2.89 bits per heavy atom. The second kappa shape index (κ2) is 5.44. The molecule has 0 saturated heterocycles. The molecule has 0 aliphatic rings. The van der Waals surface area contributed by atoms with Crippen LogP contribution in [0.15, 0.2) is 24.0 Å². The highest BCUT2D eigenvalue weighted by molar-refractivity contribution is 7.13. The minimum atomic E-state index is -0.752. The topological polar surface area (TPSA) is 65.0 Å². The molecule has 0 radical (unpaired) electrons. The van der Waals surface area contributed by atoms with Gasteiger partial charge in [0.15, 0.2) is 0 Å². The Labute approximate surface area is 115 Å². The Morgan fingerprint density at radius 1 is 1.47 bits per heavy atom. The molecule has 0 saturated carbocycles. The van der Waals surface area contributed by atoms with Gasteiger partial charge in [0.1, 0.15) is 22.4 Å². The van der Waals surface area contributed by atoms with Gasteiger partial charge in [-0.15, -0.1) is 11.3 Å². The lowest BCUT2D eigenvalue weighted by Gasteiger charge is -2.19.